The van der Waals surface area contributed by atoms with Gasteiger partial charge in [-0.2, -0.15) is 0 Å². The molecule has 2 amide bonds. The molecule has 1 atom stereocenters. The molecule has 0 spiro atoms. The molecule has 0 saturated carbocycles. The third-order valence-corrected chi connectivity index (χ3v) is 6.34. The molecule has 0 saturated heterocycles. The van der Waals surface area contributed by atoms with E-state index in [1.807, 2.05) is 48.6 Å². The Morgan fingerprint density at radius 3 is 2.32 bits per heavy atom. The second-order valence-corrected chi connectivity index (χ2v) is 9.36. The third-order valence-electron chi connectivity index (χ3n) is 5.91. The number of rotatable bonds is 6. The summed E-state index contributed by atoms with van der Waals surface area (Å²) in [5.41, 5.74) is 4.62. The predicted octanol–water partition coefficient (Wildman–Crippen LogP) is 6.63. The number of ether oxygens (including phenoxy) is 1. The highest BCUT2D eigenvalue weighted by molar-refractivity contribution is 6.35. The molecule has 7 nitrogen and oxygen atoms in total. The minimum Gasteiger partial charge on any atom is -0.377 e. The lowest BCUT2D eigenvalue weighted by molar-refractivity contribution is -0.112. The molecular formula is C28H22Cl2N4O3. The molecule has 1 aliphatic carbocycles. The molecule has 0 radical (unpaired) electrons. The molecule has 1 aliphatic rings. The maximum absolute atomic E-state index is 12.6. The van der Waals surface area contributed by atoms with Crippen molar-refractivity contribution in [2.75, 3.05) is 17.7 Å². The number of methoxy groups -OCH3 is 1. The minimum atomic E-state index is -0.320. The van der Waals surface area contributed by atoms with E-state index in [2.05, 4.69) is 20.6 Å². The molecule has 3 aromatic carbocycles. The number of benzene rings is 3. The van der Waals surface area contributed by atoms with Crippen molar-refractivity contribution in [2.45, 2.75) is 12.5 Å². The van der Waals surface area contributed by atoms with Gasteiger partial charge >= 0.3 is 0 Å². The predicted molar refractivity (Wildman–Crippen MR) is 147 cm³/mol. The first-order chi connectivity index (χ1) is 17.9. The van der Waals surface area contributed by atoms with E-state index in [4.69, 9.17) is 27.9 Å². The van der Waals surface area contributed by atoms with Gasteiger partial charge in [-0.05, 0) is 67.1 Å². The van der Waals surface area contributed by atoms with Crippen LogP contribution in [0.4, 0.5) is 11.4 Å². The highest BCUT2D eigenvalue weighted by Crippen LogP contribution is 2.26. The number of nitrogens with one attached hydrogen (secondary N) is 3. The number of hydrogen-bond acceptors (Lipinski definition) is 4. The number of halogens is 2. The Bertz CT molecular complexity index is 1540. The number of H-pyrrole nitrogens is 1. The van der Waals surface area contributed by atoms with Crippen molar-refractivity contribution in [3.05, 3.63) is 100 Å². The summed E-state index contributed by atoms with van der Waals surface area (Å²) >= 11 is 12.0. The Hall–Kier alpha value is -3.91. The number of carbonyl (C=O) groups excluding carboxylic acids is 2. The molecule has 1 unspecified atom stereocenters. The quantitative estimate of drug-likeness (QED) is 0.259. The Morgan fingerprint density at radius 2 is 1.65 bits per heavy atom. The molecule has 4 aromatic rings. The first-order valence-corrected chi connectivity index (χ1v) is 12.2. The lowest BCUT2D eigenvalue weighted by Crippen LogP contribution is -2.17. The van der Waals surface area contributed by atoms with E-state index in [-0.39, 0.29) is 17.9 Å². The molecule has 37 heavy (non-hydrogen) atoms. The number of anilines is 2. The first kappa shape index (κ1) is 24.8. The summed E-state index contributed by atoms with van der Waals surface area (Å²) in [4.78, 5) is 33.1. The van der Waals surface area contributed by atoms with Crippen molar-refractivity contribution in [1.29, 1.82) is 0 Å². The van der Waals surface area contributed by atoms with Crippen LogP contribution in [0.1, 0.15) is 16.8 Å². The Balaban J connectivity index is 1.27. The van der Waals surface area contributed by atoms with Crippen LogP contribution in [0, 0.1) is 0 Å². The third kappa shape index (κ3) is 5.75. The van der Waals surface area contributed by atoms with Gasteiger partial charge in [-0.25, -0.2) is 4.98 Å². The summed E-state index contributed by atoms with van der Waals surface area (Å²) in [6, 6.07) is 17.5. The summed E-state index contributed by atoms with van der Waals surface area (Å²) in [5, 5.41) is 6.54. The molecule has 186 valence electrons. The fourth-order valence-electron chi connectivity index (χ4n) is 3.97. The van der Waals surface area contributed by atoms with Crippen LogP contribution in [-0.4, -0.2) is 35.0 Å². The number of aromatic amines is 1. The molecule has 0 aliphatic heterocycles. The van der Waals surface area contributed by atoms with Gasteiger partial charge in [0, 0.05) is 45.2 Å². The van der Waals surface area contributed by atoms with Crippen molar-refractivity contribution >= 4 is 57.4 Å². The van der Waals surface area contributed by atoms with E-state index in [9.17, 15) is 9.59 Å². The maximum Gasteiger partial charge on any atom is 0.255 e. The van der Waals surface area contributed by atoms with Crippen molar-refractivity contribution < 1.29 is 14.3 Å². The van der Waals surface area contributed by atoms with Crippen molar-refractivity contribution in [1.82, 2.24) is 9.97 Å². The van der Waals surface area contributed by atoms with Gasteiger partial charge < -0.3 is 20.4 Å². The Kier molecular flexibility index (Phi) is 7.10. The summed E-state index contributed by atoms with van der Waals surface area (Å²) in [6.07, 6.45) is 6.20. The molecule has 0 fully saturated rings. The second-order valence-electron chi connectivity index (χ2n) is 8.49. The molecule has 1 aromatic heterocycles. The highest BCUT2D eigenvalue weighted by Gasteiger charge is 2.14. The lowest BCUT2D eigenvalue weighted by Gasteiger charge is -2.14. The number of fused-ring (bicyclic) bond motifs is 1. The highest BCUT2D eigenvalue weighted by atomic mass is 35.5. The Morgan fingerprint density at radius 1 is 0.946 bits per heavy atom. The maximum atomic E-state index is 12.6. The summed E-state index contributed by atoms with van der Waals surface area (Å²) < 4.78 is 5.26. The van der Waals surface area contributed by atoms with Crippen molar-refractivity contribution in [3.63, 3.8) is 0 Å². The van der Waals surface area contributed by atoms with E-state index in [1.54, 1.807) is 37.5 Å². The van der Waals surface area contributed by atoms with Crippen LogP contribution in [0.25, 0.3) is 22.4 Å². The number of amides is 2. The van der Waals surface area contributed by atoms with Gasteiger partial charge in [0.1, 0.15) is 5.82 Å². The average Bonchev–Trinajstić information content (AvgIpc) is 3.32. The van der Waals surface area contributed by atoms with Gasteiger partial charge in [-0.3, -0.25) is 9.59 Å². The van der Waals surface area contributed by atoms with Crippen LogP contribution >= 0.6 is 23.2 Å². The monoisotopic (exact) mass is 532 g/mol. The zero-order valence-corrected chi connectivity index (χ0v) is 21.2. The van der Waals surface area contributed by atoms with Crippen LogP contribution in [0.5, 0.6) is 0 Å². The van der Waals surface area contributed by atoms with Crippen molar-refractivity contribution in [2.24, 2.45) is 0 Å². The van der Waals surface area contributed by atoms with Crippen LogP contribution in [0.3, 0.4) is 0 Å². The van der Waals surface area contributed by atoms with Gasteiger partial charge in [-0.1, -0.05) is 41.4 Å². The Labute approximate surface area is 223 Å². The van der Waals surface area contributed by atoms with Crippen LogP contribution < -0.4 is 10.6 Å². The number of nitrogens with zero attached hydrogens (tertiary/aromatic N) is 1. The van der Waals surface area contributed by atoms with E-state index in [1.165, 1.54) is 0 Å². The summed E-state index contributed by atoms with van der Waals surface area (Å²) in [6.45, 7) is 0. The number of aromatic nitrogens is 2. The van der Waals surface area contributed by atoms with Gasteiger partial charge in [0.2, 0.25) is 0 Å². The van der Waals surface area contributed by atoms with E-state index in [0.717, 1.165) is 16.6 Å². The average molecular weight is 533 g/mol. The molecule has 3 N–H and O–H groups in total. The SMILES string of the molecule is COC1C=CC(C(=O)Nc2ccc(-c3nc4ccc(NC(=O)c5cc(Cl)cc(Cl)c5)cc4[nH]3)cc2)=CC1. The molecular weight excluding hydrogens is 511 g/mol. The first-order valence-electron chi connectivity index (χ1n) is 11.5. The van der Waals surface area contributed by atoms with E-state index >= 15 is 0 Å². The zero-order chi connectivity index (χ0) is 25.9. The summed E-state index contributed by atoms with van der Waals surface area (Å²) in [7, 11) is 1.65. The smallest absolute Gasteiger partial charge is 0.255 e. The zero-order valence-electron chi connectivity index (χ0n) is 19.7. The van der Waals surface area contributed by atoms with E-state index < -0.39 is 0 Å². The van der Waals surface area contributed by atoms with Gasteiger partial charge in [0.25, 0.3) is 11.8 Å². The van der Waals surface area contributed by atoms with Crippen LogP contribution in [0.15, 0.2) is 84.5 Å². The normalized spacial score (nSPS) is 14.9. The van der Waals surface area contributed by atoms with Crippen LogP contribution in [0.2, 0.25) is 10.0 Å². The number of carbonyl (C=O) groups is 2. The fraction of sp³-hybridized carbons (Fsp3) is 0.107. The summed E-state index contributed by atoms with van der Waals surface area (Å²) in [5.74, 6) is 0.178. The molecule has 0 bridgehead atoms. The largest absolute Gasteiger partial charge is 0.377 e. The lowest BCUT2D eigenvalue weighted by atomic mass is 10.0. The standard InChI is InChI=1S/C28H22Cl2N4O3/c1-37-23-9-4-17(5-10-23)27(35)31-21-6-2-16(3-7-21)26-33-24-11-8-22(15-25(24)34-26)32-28(36)18-12-19(29)14-20(30)13-18/h2-9,11-15,23H,10H2,1H3,(H,31,35)(H,32,36)(H,33,34). The van der Waals surface area contributed by atoms with Gasteiger partial charge in [0.05, 0.1) is 17.1 Å². The van der Waals surface area contributed by atoms with E-state index in [0.29, 0.717) is 44.8 Å². The molecule has 9 heteroatoms. The van der Waals surface area contributed by atoms with Crippen molar-refractivity contribution in [3.8, 4) is 11.4 Å². The molecule has 5 rings (SSSR count). The fourth-order valence-corrected chi connectivity index (χ4v) is 4.50. The minimum absolute atomic E-state index is 0.00838. The van der Waals surface area contributed by atoms with Crippen LogP contribution in [-0.2, 0) is 9.53 Å². The van der Waals surface area contributed by atoms with Gasteiger partial charge in [-0.15, -0.1) is 0 Å². The van der Waals surface area contributed by atoms with Gasteiger partial charge in [0.15, 0.2) is 0 Å². The molecule has 1 heterocycles. The number of hydrogen-bond donors (Lipinski definition) is 3. The second kappa shape index (κ2) is 10.6. The topological polar surface area (TPSA) is 96.1 Å². The number of imidazole rings is 1.